The molecular weight excluding hydrogens is 244 g/mol. The highest BCUT2D eigenvalue weighted by atomic mass is 19.2. The van der Waals surface area contributed by atoms with Crippen LogP contribution >= 0.6 is 0 Å². The minimum absolute atomic E-state index is 0.201. The summed E-state index contributed by atoms with van der Waals surface area (Å²) in [5.74, 6) is -2.16. The maximum atomic E-state index is 13.4. The SMILES string of the molecule is Cn1cnn(CC(O)c2cccc(F)c2F)c1=O. The standard InChI is InChI=1S/C11H11F2N3O2/c1-15-6-14-16(11(15)18)5-9(17)7-3-2-4-8(12)10(7)13/h2-4,6,9,17H,5H2,1H3. The molecule has 0 saturated carbocycles. The van der Waals surface area contributed by atoms with E-state index in [1.165, 1.54) is 30.1 Å². The predicted molar refractivity (Wildman–Crippen MR) is 58.8 cm³/mol. The van der Waals surface area contributed by atoms with Crippen molar-refractivity contribution < 1.29 is 13.9 Å². The van der Waals surface area contributed by atoms with E-state index in [4.69, 9.17) is 0 Å². The van der Waals surface area contributed by atoms with E-state index in [1.54, 1.807) is 0 Å². The molecule has 7 heteroatoms. The minimum atomic E-state index is -1.34. The lowest BCUT2D eigenvalue weighted by atomic mass is 10.1. The molecule has 0 amide bonds. The summed E-state index contributed by atoms with van der Waals surface area (Å²) < 4.78 is 28.6. The Balaban J connectivity index is 2.27. The Morgan fingerprint density at radius 2 is 2.17 bits per heavy atom. The van der Waals surface area contributed by atoms with Gasteiger partial charge in [-0.1, -0.05) is 12.1 Å². The molecule has 1 heterocycles. The van der Waals surface area contributed by atoms with Crippen LogP contribution in [0.1, 0.15) is 11.7 Å². The molecule has 1 unspecified atom stereocenters. The van der Waals surface area contributed by atoms with Gasteiger partial charge in [-0.2, -0.15) is 5.10 Å². The number of hydrogen-bond acceptors (Lipinski definition) is 3. The van der Waals surface area contributed by atoms with E-state index in [0.29, 0.717) is 0 Å². The van der Waals surface area contributed by atoms with Gasteiger partial charge in [0.2, 0.25) is 0 Å². The van der Waals surface area contributed by atoms with Crippen molar-refractivity contribution in [3.05, 3.63) is 52.2 Å². The number of aromatic nitrogens is 3. The van der Waals surface area contributed by atoms with Gasteiger partial charge in [0.05, 0.1) is 6.54 Å². The minimum Gasteiger partial charge on any atom is -0.386 e. The normalized spacial score (nSPS) is 12.7. The first-order valence-electron chi connectivity index (χ1n) is 5.21. The van der Waals surface area contributed by atoms with Crippen molar-refractivity contribution in [2.24, 2.45) is 7.05 Å². The van der Waals surface area contributed by atoms with Crippen LogP contribution in [0.2, 0.25) is 0 Å². The van der Waals surface area contributed by atoms with Crippen LogP contribution in [-0.4, -0.2) is 19.5 Å². The number of aliphatic hydroxyl groups is 1. The van der Waals surface area contributed by atoms with Crippen LogP contribution in [0.5, 0.6) is 0 Å². The molecule has 0 spiro atoms. The van der Waals surface area contributed by atoms with Crippen molar-refractivity contribution in [1.29, 1.82) is 0 Å². The summed E-state index contributed by atoms with van der Waals surface area (Å²) in [7, 11) is 1.50. The summed E-state index contributed by atoms with van der Waals surface area (Å²) in [6.07, 6.45) is -0.0647. The third-order valence-electron chi connectivity index (χ3n) is 2.57. The van der Waals surface area contributed by atoms with E-state index in [0.717, 1.165) is 10.7 Å². The smallest absolute Gasteiger partial charge is 0.345 e. The molecule has 0 aliphatic rings. The quantitative estimate of drug-likeness (QED) is 0.873. The molecule has 0 radical (unpaired) electrons. The number of hydrogen-bond donors (Lipinski definition) is 1. The Labute approximate surface area is 101 Å². The fourth-order valence-corrected chi connectivity index (χ4v) is 1.59. The second-order valence-corrected chi connectivity index (χ2v) is 3.87. The van der Waals surface area contributed by atoms with Crippen molar-refractivity contribution >= 4 is 0 Å². The average molecular weight is 255 g/mol. The number of halogens is 2. The number of aliphatic hydroxyl groups excluding tert-OH is 1. The summed E-state index contributed by atoms with van der Waals surface area (Å²) in [6.45, 7) is -0.236. The first-order chi connectivity index (χ1) is 8.50. The van der Waals surface area contributed by atoms with Crippen LogP contribution in [0.4, 0.5) is 8.78 Å². The number of aryl methyl sites for hydroxylation is 1. The molecule has 1 aromatic carbocycles. The molecule has 5 nitrogen and oxygen atoms in total. The van der Waals surface area contributed by atoms with E-state index in [2.05, 4.69) is 5.10 Å². The Morgan fingerprint density at radius 1 is 1.44 bits per heavy atom. The molecule has 0 bridgehead atoms. The maximum absolute atomic E-state index is 13.4. The van der Waals surface area contributed by atoms with Crippen molar-refractivity contribution in [2.75, 3.05) is 0 Å². The van der Waals surface area contributed by atoms with Gasteiger partial charge in [-0.15, -0.1) is 0 Å². The molecule has 0 fully saturated rings. The Morgan fingerprint density at radius 3 is 2.78 bits per heavy atom. The summed E-state index contributed by atoms with van der Waals surface area (Å²) >= 11 is 0. The van der Waals surface area contributed by atoms with Crippen molar-refractivity contribution in [2.45, 2.75) is 12.6 Å². The molecule has 2 rings (SSSR count). The highest BCUT2D eigenvalue weighted by Gasteiger charge is 2.17. The van der Waals surface area contributed by atoms with Crippen LogP contribution in [-0.2, 0) is 13.6 Å². The van der Waals surface area contributed by atoms with Gasteiger partial charge < -0.3 is 5.11 Å². The Bertz CT molecular complexity index is 621. The van der Waals surface area contributed by atoms with Crippen LogP contribution in [0.15, 0.2) is 29.3 Å². The molecule has 1 aromatic heterocycles. The van der Waals surface area contributed by atoms with Gasteiger partial charge in [0, 0.05) is 12.6 Å². The fraction of sp³-hybridized carbons (Fsp3) is 0.273. The van der Waals surface area contributed by atoms with Gasteiger partial charge >= 0.3 is 5.69 Å². The third-order valence-corrected chi connectivity index (χ3v) is 2.57. The monoisotopic (exact) mass is 255 g/mol. The number of nitrogens with zero attached hydrogens (tertiary/aromatic N) is 3. The van der Waals surface area contributed by atoms with E-state index in [1.807, 2.05) is 0 Å². The lowest BCUT2D eigenvalue weighted by molar-refractivity contribution is 0.144. The average Bonchev–Trinajstić information content (AvgIpc) is 2.64. The molecule has 2 aromatic rings. The zero-order valence-electron chi connectivity index (χ0n) is 9.55. The lowest BCUT2D eigenvalue weighted by Crippen LogP contribution is -2.26. The van der Waals surface area contributed by atoms with E-state index in [-0.39, 0.29) is 12.1 Å². The van der Waals surface area contributed by atoms with Crippen molar-refractivity contribution in [3.8, 4) is 0 Å². The maximum Gasteiger partial charge on any atom is 0.345 e. The highest BCUT2D eigenvalue weighted by molar-refractivity contribution is 5.21. The fourth-order valence-electron chi connectivity index (χ4n) is 1.59. The summed E-state index contributed by atoms with van der Waals surface area (Å²) in [5, 5.41) is 13.5. The number of benzene rings is 1. The first kappa shape index (κ1) is 12.4. The van der Waals surface area contributed by atoms with Crippen LogP contribution in [0.25, 0.3) is 0 Å². The second kappa shape index (κ2) is 4.69. The zero-order chi connectivity index (χ0) is 13.3. The molecule has 18 heavy (non-hydrogen) atoms. The molecule has 1 N–H and O–H groups in total. The zero-order valence-corrected chi connectivity index (χ0v) is 9.55. The van der Waals surface area contributed by atoms with Crippen LogP contribution in [0, 0.1) is 11.6 Å². The second-order valence-electron chi connectivity index (χ2n) is 3.87. The lowest BCUT2D eigenvalue weighted by Gasteiger charge is -2.11. The summed E-state index contributed by atoms with van der Waals surface area (Å²) in [6, 6.07) is 3.51. The van der Waals surface area contributed by atoms with E-state index in [9.17, 15) is 18.7 Å². The molecule has 0 aliphatic carbocycles. The van der Waals surface area contributed by atoms with Gasteiger partial charge in [0.1, 0.15) is 12.4 Å². The summed E-state index contributed by atoms with van der Waals surface area (Å²) in [5.41, 5.74) is -0.640. The number of rotatable bonds is 3. The van der Waals surface area contributed by atoms with E-state index >= 15 is 0 Å². The van der Waals surface area contributed by atoms with Crippen LogP contribution < -0.4 is 5.69 Å². The molecule has 96 valence electrons. The highest BCUT2D eigenvalue weighted by Crippen LogP contribution is 2.19. The van der Waals surface area contributed by atoms with Gasteiger partial charge in [0.15, 0.2) is 11.6 Å². The molecular formula is C11H11F2N3O2. The first-order valence-corrected chi connectivity index (χ1v) is 5.21. The summed E-state index contributed by atoms with van der Waals surface area (Å²) in [4.78, 5) is 11.5. The molecule has 0 aliphatic heterocycles. The Kier molecular flexibility index (Phi) is 3.24. The predicted octanol–water partition coefficient (Wildman–Crippen LogP) is 0.594. The van der Waals surface area contributed by atoms with Gasteiger partial charge in [-0.3, -0.25) is 4.57 Å². The van der Waals surface area contributed by atoms with Crippen molar-refractivity contribution in [1.82, 2.24) is 14.3 Å². The van der Waals surface area contributed by atoms with E-state index < -0.39 is 23.4 Å². The molecule has 1 atom stereocenters. The van der Waals surface area contributed by atoms with Crippen LogP contribution in [0.3, 0.4) is 0 Å². The molecule has 0 saturated heterocycles. The Hall–Kier alpha value is -2.02. The van der Waals surface area contributed by atoms with Gasteiger partial charge in [-0.25, -0.2) is 18.3 Å². The van der Waals surface area contributed by atoms with Gasteiger partial charge in [-0.05, 0) is 6.07 Å². The largest absolute Gasteiger partial charge is 0.386 e. The van der Waals surface area contributed by atoms with Crippen molar-refractivity contribution in [3.63, 3.8) is 0 Å². The third kappa shape index (κ3) is 2.17. The van der Waals surface area contributed by atoms with Gasteiger partial charge in [0.25, 0.3) is 0 Å². The topological polar surface area (TPSA) is 60.1 Å².